The zero-order valence-electron chi connectivity index (χ0n) is 13.2. The summed E-state index contributed by atoms with van der Waals surface area (Å²) in [6.45, 7) is 13.1. The first-order valence-corrected chi connectivity index (χ1v) is 7.63. The number of azo groups is 1. The fraction of sp³-hybridized carbons (Fsp3) is 0.875. The van der Waals surface area contributed by atoms with Crippen molar-refractivity contribution >= 4 is 0 Å². The number of nitrogens with zero attached hydrogens (tertiary/aromatic N) is 2. The molecule has 0 aliphatic carbocycles. The Hall–Kier alpha value is -0.660. The minimum Gasteiger partial charge on any atom is -0.186 e. The number of unbranched alkanes of at least 4 members (excludes halogenated alkanes) is 1. The first-order chi connectivity index (χ1) is 8.56. The third-order valence-corrected chi connectivity index (χ3v) is 3.51. The Morgan fingerprint density at radius 2 is 1.72 bits per heavy atom. The van der Waals surface area contributed by atoms with Gasteiger partial charge in [-0.2, -0.15) is 10.2 Å². The average molecular weight is 252 g/mol. The number of hydrogen-bond donors (Lipinski definition) is 0. The van der Waals surface area contributed by atoms with Gasteiger partial charge in [0.25, 0.3) is 0 Å². The maximum Gasteiger partial charge on any atom is 0.0712 e. The van der Waals surface area contributed by atoms with Crippen LogP contribution < -0.4 is 0 Å². The summed E-state index contributed by atoms with van der Waals surface area (Å²) in [5.41, 5.74) is 1.10. The molecule has 106 valence electrons. The fourth-order valence-electron chi connectivity index (χ4n) is 2.22. The van der Waals surface area contributed by atoms with E-state index in [2.05, 4.69) is 50.9 Å². The van der Waals surface area contributed by atoms with E-state index in [0.29, 0.717) is 17.9 Å². The Morgan fingerprint density at radius 3 is 2.17 bits per heavy atom. The highest BCUT2D eigenvalue weighted by molar-refractivity contribution is 4.99. The highest BCUT2D eigenvalue weighted by atomic mass is 15.1. The molecule has 0 heterocycles. The molecule has 0 amide bonds. The van der Waals surface area contributed by atoms with E-state index in [1.807, 2.05) is 6.92 Å². The fourth-order valence-corrected chi connectivity index (χ4v) is 2.22. The number of hydrogen-bond acceptors (Lipinski definition) is 2. The van der Waals surface area contributed by atoms with Gasteiger partial charge in [-0.05, 0) is 38.5 Å². The Bertz CT molecular complexity index is 254. The first kappa shape index (κ1) is 17.3. The average Bonchev–Trinajstić information content (AvgIpc) is 2.34. The third kappa shape index (κ3) is 6.93. The predicted molar refractivity (Wildman–Crippen MR) is 80.8 cm³/mol. The molecule has 0 saturated carbocycles. The molecular formula is C16H32N2. The van der Waals surface area contributed by atoms with Gasteiger partial charge in [-0.1, -0.05) is 53.0 Å². The van der Waals surface area contributed by atoms with Gasteiger partial charge in [0, 0.05) is 0 Å². The van der Waals surface area contributed by atoms with Crippen LogP contribution in [0.1, 0.15) is 73.6 Å². The molecule has 0 rings (SSSR count). The quantitative estimate of drug-likeness (QED) is 0.450. The van der Waals surface area contributed by atoms with Crippen LogP contribution in [0.2, 0.25) is 0 Å². The molecule has 0 fully saturated rings. The lowest BCUT2D eigenvalue weighted by Crippen LogP contribution is -2.15. The molecule has 0 aromatic rings. The lowest BCUT2D eigenvalue weighted by atomic mass is 9.91. The molecule has 2 heteroatoms. The molecule has 0 radical (unpaired) electrons. The van der Waals surface area contributed by atoms with Crippen molar-refractivity contribution in [2.75, 3.05) is 0 Å². The topological polar surface area (TPSA) is 24.7 Å². The van der Waals surface area contributed by atoms with Crippen molar-refractivity contribution in [3.63, 3.8) is 0 Å². The smallest absolute Gasteiger partial charge is 0.0712 e. The van der Waals surface area contributed by atoms with Crippen molar-refractivity contribution in [2.45, 2.75) is 79.7 Å². The summed E-state index contributed by atoms with van der Waals surface area (Å²) in [5.74, 6) is 1.16. The normalized spacial score (nSPS) is 16.5. The highest BCUT2D eigenvalue weighted by Crippen LogP contribution is 2.22. The summed E-state index contributed by atoms with van der Waals surface area (Å²) in [4.78, 5) is 0. The molecule has 0 aromatic carbocycles. The van der Waals surface area contributed by atoms with E-state index in [-0.39, 0.29) is 0 Å². The minimum absolute atomic E-state index is 0.352. The zero-order chi connectivity index (χ0) is 14.0. The van der Waals surface area contributed by atoms with Gasteiger partial charge in [-0.15, -0.1) is 0 Å². The lowest BCUT2D eigenvalue weighted by molar-refractivity contribution is 0.364. The SMILES string of the molecule is C/C=C(\N=NC(C)C(CCC)CCCC)C(C)C. The molecule has 0 aliphatic heterocycles. The minimum atomic E-state index is 0.352. The van der Waals surface area contributed by atoms with E-state index in [1.165, 1.54) is 32.1 Å². The zero-order valence-corrected chi connectivity index (χ0v) is 13.2. The summed E-state index contributed by atoms with van der Waals surface area (Å²) in [5, 5.41) is 8.98. The van der Waals surface area contributed by atoms with E-state index in [9.17, 15) is 0 Å². The van der Waals surface area contributed by atoms with Crippen molar-refractivity contribution in [1.82, 2.24) is 0 Å². The monoisotopic (exact) mass is 252 g/mol. The van der Waals surface area contributed by atoms with Crippen LogP contribution >= 0.6 is 0 Å². The molecule has 2 atom stereocenters. The molecule has 0 bridgehead atoms. The largest absolute Gasteiger partial charge is 0.186 e. The summed E-state index contributed by atoms with van der Waals surface area (Å²) in [6, 6.07) is 0.352. The van der Waals surface area contributed by atoms with Crippen molar-refractivity contribution in [3.05, 3.63) is 11.8 Å². The van der Waals surface area contributed by atoms with Crippen LogP contribution in [0.3, 0.4) is 0 Å². The van der Waals surface area contributed by atoms with E-state index in [1.54, 1.807) is 0 Å². The summed E-state index contributed by atoms with van der Waals surface area (Å²) in [7, 11) is 0. The van der Waals surface area contributed by atoms with Crippen LogP contribution in [0.5, 0.6) is 0 Å². The molecule has 0 N–H and O–H groups in total. The van der Waals surface area contributed by atoms with Crippen molar-refractivity contribution < 1.29 is 0 Å². The van der Waals surface area contributed by atoms with Gasteiger partial charge in [0.05, 0.1) is 11.7 Å². The second-order valence-corrected chi connectivity index (χ2v) is 5.52. The molecular weight excluding hydrogens is 220 g/mol. The van der Waals surface area contributed by atoms with Gasteiger partial charge < -0.3 is 0 Å². The Labute approximate surface area is 114 Å². The number of rotatable bonds is 9. The van der Waals surface area contributed by atoms with E-state index < -0.39 is 0 Å². The van der Waals surface area contributed by atoms with Crippen LogP contribution in [-0.4, -0.2) is 6.04 Å². The van der Waals surface area contributed by atoms with Crippen LogP contribution in [0.25, 0.3) is 0 Å². The van der Waals surface area contributed by atoms with Gasteiger partial charge >= 0.3 is 0 Å². The number of allylic oxidation sites excluding steroid dienone is 2. The molecule has 0 spiro atoms. The second-order valence-electron chi connectivity index (χ2n) is 5.52. The molecule has 0 aliphatic rings. The maximum atomic E-state index is 4.55. The predicted octanol–water partition coefficient (Wildman–Crippen LogP) is 5.99. The molecule has 0 aromatic heterocycles. The van der Waals surface area contributed by atoms with Gasteiger partial charge in [0.15, 0.2) is 0 Å². The molecule has 0 saturated heterocycles. The third-order valence-electron chi connectivity index (χ3n) is 3.51. The Kier molecular flexibility index (Phi) is 9.90. The van der Waals surface area contributed by atoms with Crippen molar-refractivity contribution in [2.24, 2.45) is 22.1 Å². The van der Waals surface area contributed by atoms with E-state index in [4.69, 9.17) is 0 Å². The van der Waals surface area contributed by atoms with E-state index in [0.717, 1.165) is 5.70 Å². The molecule has 2 nitrogen and oxygen atoms in total. The first-order valence-electron chi connectivity index (χ1n) is 7.63. The van der Waals surface area contributed by atoms with Gasteiger partial charge in [0.1, 0.15) is 0 Å². The summed E-state index contributed by atoms with van der Waals surface area (Å²) >= 11 is 0. The highest BCUT2D eigenvalue weighted by Gasteiger charge is 2.15. The van der Waals surface area contributed by atoms with Gasteiger partial charge in [-0.25, -0.2) is 0 Å². The Balaban J connectivity index is 4.47. The van der Waals surface area contributed by atoms with Crippen LogP contribution in [0.15, 0.2) is 22.0 Å². The summed E-state index contributed by atoms with van der Waals surface area (Å²) in [6.07, 6.45) is 8.46. The molecule has 2 unspecified atom stereocenters. The van der Waals surface area contributed by atoms with Gasteiger partial charge in [-0.3, -0.25) is 0 Å². The Morgan fingerprint density at radius 1 is 1.06 bits per heavy atom. The van der Waals surface area contributed by atoms with Crippen LogP contribution in [0.4, 0.5) is 0 Å². The summed E-state index contributed by atoms with van der Waals surface area (Å²) < 4.78 is 0. The van der Waals surface area contributed by atoms with E-state index >= 15 is 0 Å². The maximum absolute atomic E-state index is 4.55. The standard InChI is InChI=1S/C16H32N2/c1-7-10-12-15(11-8-2)14(6)17-18-16(9-3)13(4)5/h9,13-15H,7-8,10-12H2,1-6H3/b16-9-,18-17?. The van der Waals surface area contributed by atoms with Crippen LogP contribution in [-0.2, 0) is 0 Å². The van der Waals surface area contributed by atoms with Crippen molar-refractivity contribution in [3.8, 4) is 0 Å². The lowest BCUT2D eigenvalue weighted by Gasteiger charge is -2.19. The van der Waals surface area contributed by atoms with Crippen molar-refractivity contribution in [1.29, 1.82) is 0 Å². The van der Waals surface area contributed by atoms with Gasteiger partial charge in [0.2, 0.25) is 0 Å². The van der Waals surface area contributed by atoms with Crippen LogP contribution in [0, 0.1) is 11.8 Å². The second kappa shape index (κ2) is 10.3. The molecule has 18 heavy (non-hydrogen) atoms.